The highest BCUT2D eigenvalue weighted by molar-refractivity contribution is 9.10. The Morgan fingerprint density at radius 3 is 2.92 bits per heavy atom. The smallest absolute Gasteiger partial charge is 0.0812 e. The fourth-order valence-electron chi connectivity index (χ4n) is 0.946. The van der Waals surface area contributed by atoms with E-state index in [4.69, 9.17) is 16.7 Å². The van der Waals surface area contributed by atoms with E-state index in [0.29, 0.717) is 11.6 Å². The van der Waals surface area contributed by atoms with Gasteiger partial charge in [-0.05, 0) is 15.9 Å². The highest BCUT2D eigenvalue weighted by atomic mass is 79.9. The second kappa shape index (κ2) is 4.79. The number of rotatable bonds is 3. The van der Waals surface area contributed by atoms with E-state index in [-0.39, 0.29) is 6.61 Å². The van der Waals surface area contributed by atoms with Crippen LogP contribution in [-0.2, 0) is 0 Å². The van der Waals surface area contributed by atoms with Crippen LogP contribution in [-0.4, -0.2) is 30.3 Å². The van der Waals surface area contributed by atoms with Crippen LogP contribution in [0.2, 0.25) is 5.02 Å². The van der Waals surface area contributed by atoms with Gasteiger partial charge < -0.3 is 10.0 Å². The maximum absolute atomic E-state index is 8.74. The van der Waals surface area contributed by atoms with Gasteiger partial charge in [-0.3, -0.25) is 4.98 Å². The third-order valence-corrected chi connectivity index (χ3v) is 2.89. The predicted octanol–water partition coefficient (Wildman–Crippen LogP) is 1.93. The van der Waals surface area contributed by atoms with Gasteiger partial charge in [0.2, 0.25) is 0 Å². The lowest BCUT2D eigenvalue weighted by atomic mass is 10.4. The molecule has 5 heteroatoms. The summed E-state index contributed by atoms with van der Waals surface area (Å²) in [6.45, 7) is 0.636. The molecule has 0 amide bonds. The average molecular weight is 266 g/mol. The highest BCUT2D eigenvalue weighted by Gasteiger charge is 2.08. The molecule has 0 aromatic carbocycles. The number of aliphatic hydroxyl groups excluding tert-OH is 1. The molecule has 0 radical (unpaired) electrons. The summed E-state index contributed by atoms with van der Waals surface area (Å²) in [7, 11) is 1.85. The van der Waals surface area contributed by atoms with Crippen molar-refractivity contribution < 1.29 is 5.11 Å². The lowest BCUT2D eigenvalue weighted by Gasteiger charge is -2.18. The number of aliphatic hydroxyl groups is 1. The monoisotopic (exact) mass is 264 g/mol. The van der Waals surface area contributed by atoms with Crippen LogP contribution in [0.25, 0.3) is 0 Å². The van der Waals surface area contributed by atoms with Crippen LogP contribution in [0.5, 0.6) is 0 Å². The Hall–Kier alpha value is -0.320. The molecule has 13 heavy (non-hydrogen) atoms. The topological polar surface area (TPSA) is 36.4 Å². The van der Waals surface area contributed by atoms with Gasteiger partial charge in [0.25, 0.3) is 0 Å². The molecule has 0 saturated carbocycles. The van der Waals surface area contributed by atoms with E-state index in [0.717, 1.165) is 10.2 Å². The maximum atomic E-state index is 8.74. The molecule has 1 aromatic heterocycles. The molecule has 0 aliphatic rings. The van der Waals surface area contributed by atoms with Gasteiger partial charge in [-0.2, -0.15) is 0 Å². The first-order valence-corrected chi connectivity index (χ1v) is 4.95. The maximum Gasteiger partial charge on any atom is 0.0812 e. The second-order valence-electron chi connectivity index (χ2n) is 2.60. The van der Waals surface area contributed by atoms with Gasteiger partial charge in [-0.15, -0.1) is 0 Å². The third-order valence-electron chi connectivity index (χ3n) is 1.67. The molecule has 0 spiro atoms. The van der Waals surface area contributed by atoms with Crippen LogP contribution >= 0.6 is 27.5 Å². The van der Waals surface area contributed by atoms with E-state index >= 15 is 0 Å². The predicted molar refractivity (Wildman–Crippen MR) is 57.3 cm³/mol. The highest BCUT2D eigenvalue weighted by Crippen LogP contribution is 2.30. The largest absolute Gasteiger partial charge is 0.395 e. The molecule has 1 heterocycles. The number of hydrogen-bond acceptors (Lipinski definition) is 3. The summed E-state index contributed by atoms with van der Waals surface area (Å²) >= 11 is 9.30. The molecule has 1 aromatic rings. The Bertz CT molecular complexity index is 295. The Balaban J connectivity index is 2.93. The Morgan fingerprint density at radius 1 is 1.62 bits per heavy atom. The Kier molecular flexibility index (Phi) is 3.96. The van der Waals surface area contributed by atoms with Crippen LogP contribution in [0, 0.1) is 0 Å². The summed E-state index contributed by atoms with van der Waals surface area (Å²) in [6.07, 6.45) is 3.31. The molecule has 3 nitrogen and oxygen atoms in total. The van der Waals surface area contributed by atoms with Crippen LogP contribution < -0.4 is 4.90 Å². The Labute approximate surface area is 90.5 Å². The van der Waals surface area contributed by atoms with Crippen molar-refractivity contribution in [3.8, 4) is 0 Å². The van der Waals surface area contributed by atoms with Crippen molar-refractivity contribution in [3.05, 3.63) is 21.9 Å². The summed E-state index contributed by atoms with van der Waals surface area (Å²) in [6, 6.07) is 0. The first kappa shape index (κ1) is 10.8. The summed E-state index contributed by atoms with van der Waals surface area (Å²) in [5.74, 6) is 0. The molecule has 0 saturated heterocycles. The van der Waals surface area contributed by atoms with Crippen LogP contribution in [0.4, 0.5) is 5.69 Å². The van der Waals surface area contributed by atoms with Gasteiger partial charge in [0, 0.05) is 19.8 Å². The average Bonchev–Trinajstić information content (AvgIpc) is 2.10. The van der Waals surface area contributed by atoms with E-state index < -0.39 is 0 Å². The summed E-state index contributed by atoms with van der Waals surface area (Å²) in [5.41, 5.74) is 0.810. The zero-order valence-corrected chi connectivity index (χ0v) is 9.51. The van der Waals surface area contributed by atoms with Gasteiger partial charge in [-0.1, -0.05) is 11.6 Å². The second-order valence-corrected chi connectivity index (χ2v) is 3.83. The van der Waals surface area contributed by atoms with Crippen molar-refractivity contribution in [2.75, 3.05) is 25.1 Å². The standard InChI is InChI=1S/C8H10BrClN2O/c1-12(2-3-13)7-5-11-4-6(9)8(7)10/h4-5,13H,2-3H2,1H3. The molecule has 72 valence electrons. The summed E-state index contributed by atoms with van der Waals surface area (Å²) < 4.78 is 0.761. The van der Waals surface area contributed by atoms with Crippen LogP contribution in [0.1, 0.15) is 0 Å². The minimum atomic E-state index is 0.0966. The summed E-state index contributed by atoms with van der Waals surface area (Å²) in [5, 5.41) is 9.36. The van der Waals surface area contributed by atoms with Crippen molar-refractivity contribution in [1.82, 2.24) is 4.98 Å². The molecule has 0 atom stereocenters. The number of nitrogens with zero attached hydrogens (tertiary/aromatic N) is 2. The van der Waals surface area contributed by atoms with Crippen molar-refractivity contribution in [2.24, 2.45) is 0 Å². The number of hydrogen-bond donors (Lipinski definition) is 1. The Morgan fingerprint density at radius 2 is 2.31 bits per heavy atom. The van der Waals surface area contributed by atoms with E-state index in [1.54, 1.807) is 12.4 Å². The van der Waals surface area contributed by atoms with Gasteiger partial charge in [0.15, 0.2) is 0 Å². The number of anilines is 1. The molecule has 1 N–H and O–H groups in total. The van der Waals surface area contributed by atoms with Gasteiger partial charge >= 0.3 is 0 Å². The molecule has 1 rings (SSSR count). The van der Waals surface area contributed by atoms with Gasteiger partial charge in [0.05, 0.1) is 28.0 Å². The van der Waals surface area contributed by atoms with E-state index in [1.807, 2.05) is 11.9 Å². The lowest BCUT2D eigenvalue weighted by Crippen LogP contribution is -2.21. The molecule has 0 aliphatic carbocycles. The van der Waals surface area contributed by atoms with Gasteiger partial charge in [-0.25, -0.2) is 0 Å². The first-order valence-electron chi connectivity index (χ1n) is 3.77. The van der Waals surface area contributed by atoms with E-state index in [2.05, 4.69) is 20.9 Å². The quantitative estimate of drug-likeness (QED) is 0.907. The van der Waals surface area contributed by atoms with Crippen LogP contribution in [0.15, 0.2) is 16.9 Å². The number of pyridine rings is 1. The minimum absolute atomic E-state index is 0.0966. The van der Waals surface area contributed by atoms with Crippen LogP contribution in [0.3, 0.4) is 0 Å². The normalized spacial score (nSPS) is 10.2. The third kappa shape index (κ3) is 2.56. The molecular formula is C8H10BrClN2O. The van der Waals surface area contributed by atoms with E-state index in [1.165, 1.54) is 0 Å². The zero-order valence-electron chi connectivity index (χ0n) is 7.17. The van der Waals surface area contributed by atoms with Crippen molar-refractivity contribution in [2.45, 2.75) is 0 Å². The number of likely N-dealkylation sites (N-methyl/N-ethyl adjacent to an activating group) is 1. The molecule has 0 aliphatic heterocycles. The first-order chi connectivity index (χ1) is 6.16. The fraction of sp³-hybridized carbons (Fsp3) is 0.375. The fourth-order valence-corrected chi connectivity index (χ4v) is 1.51. The minimum Gasteiger partial charge on any atom is -0.395 e. The molecule has 0 bridgehead atoms. The lowest BCUT2D eigenvalue weighted by molar-refractivity contribution is 0.304. The van der Waals surface area contributed by atoms with E-state index in [9.17, 15) is 0 Å². The number of halogens is 2. The SMILES string of the molecule is CN(CCO)c1cncc(Br)c1Cl. The molecular weight excluding hydrogens is 255 g/mol. The molecule has 0 unspecified atom stereocenters. The van der Waals surface area contributed by atoms with Crippen molar-refractivity contribution in [3.63, 3.8) is 0 Å². The zero-order chi connectivity index (χ0) is 9.84. The summed E-state index contributed by atoms with van der Waals surface area (Å²) in [4.78, 5) is 5.84. The van der Waals surface area contributed by atoms with Gasteiger partial charge in [0.1, 0.15) is 0 Å². The van der Waals surface area contributed by atoms with Crippen molar-refractivity contribution in [1.29, 1.82) is 0 Å². The molecule has 0 fully saturated rings. The van der Waals surface area contributed by atoms with Crippen molar-refractivity contribution >= 4 is 33.2 Å². The number of aromatic nitrogens is 1.